The molecule has 0 unspecified atom stereocenters. The van der Waals surface area contributed by atoms with Crippen molar-refractivity contribution in [2.75, 3.05) is 14.2 Å². The fourth-order valence-electron chi connectivity index (χ4n) is 5.92. The lowest BCUT2D eigenvalue weighted by Crippen LogP contribution is -2.38. The molecule has 15 heteroatoms. The van der Waals surface area contributed by atoms with Crippen molar-refractivity contribution >= 4 is 35.6 Å². The fourth-order valence-corrected chi connectivity index (χ4v) is 5.92. The van der Waals surface area contributed by atoms with Crippen molar-refractivity contribution in [2.45, 2.75) is 92.3 Å². The summed E-state index contributed by atoms with van der Waals surface area (Å²) < 4.78 is 27.4. The van der Waals surface area contributed by atoms with Gasteiger partial charge in [-0.25, -0.2) is 9.59 Å². The first-order valence-corrected chi connectivity index (χ1v) is 18.1. The number of hydrogen-bond donors (Lipinski definition) is 4. The van der Waals surface area contributed by atoms with Gasteiger partial charge in [-0.05, 0) is 76.6 Å². The number of carbonyl (C=O) groups excluding carboxylic acids is 6. The molecule has 3 rings (SSSR count). The molecule has 1 heterocycles. The number of nitrogens with one attached hydrogen (secondary N) is 2. The minimum atomic E-state index is -1.07. The maximum Gasteiger partial charge on any atom is 0.412 e. The molecule has 1 aliphatic carbocycles. The number of ether oxygens (including phenoxy) is 5. The number of aliphatic hydroxyl groups excluding tert-OH is 1. The predicted octanol–water partition coefficient (Wildman–Crippen LogP) is 4.64. The van der Waals surface area contributed by atoms with Crippen molar-refractivity contribution in [1.29, 1.82) is 0 Å². The van der Waals surface area contributed by atoms with Crippen molar-refractivity contribution in [3.63, 3.8) is 0 Å². The maximum absolute atomic E-state index is 13.9. The Bertz CT molecular complexity index is 1820. The van der Waals surface area contributed by atoms with Crippen LogP contribution in [-0.4, -0.2) is 79.4 Å². The van der Waals surface area contributed by atoms with Crippen LogP contribution in [0.25, 0.3) is 0 Å². The topological polar surface area (TPSA) is 219 Å². The second-order valence-corrected chi connectivity index (χ2v) is 14.9. The van der Waals surface area contributed by atoms with E-state index in [-0.39, 0.29) is 42.0 Å². The van der Waals surface area contributed by atoms with Crippen LogP contribution in [0.4, 0.5) is 9.59 Å². The van der Waals surface area contributed by atoms with Crippen molar-refractivity contribution in [1.82, 2.24) is 10.6 Å². The van der Waals surface area contributed by atoms with Gasteiger partial charge in [0.1, 0.15) is 18.5 Å². The van der Waals surface area contributed by atoms with Crippen LogP contribution in [0.3, 0.4) is 0 Å². The number of amides is 3. The van der Waals surface area contributed by atoms with Crippen LogP contribution < -0.4 is 21.1 Å². The number of primary amides is 1. The Morgan fingerprint density at radius 1 is 1.02 bits per heavy atom. The first-order valence-electron chi connectivity index (χ1n) is 18.1. The molecule has 1 aliphatic heterocycles. The van der Waals surface area contributed by atoms with Crippen molar-refractivity contribution < 1.29 is 57.6 Å². The Labute approximate surface area is 327 Å². The van der Waals surface area contributed by atoms with E-state index < -0.39 is 77.3 Å². The minimum Gasteiger partial charge on any atom is -0.444 e. The molecule has 0 spiro atoms. The number of carbonyl (C=O) groups is 6. The Morgan fingerprint density at radius 2 is 1.68 bits per heavy atom. The summed E-state index contributed by atoms with van der Waals surface area (Å²) >= 11 is 0. The molecule has 1 aromatic carbocycles. The monoisotopic (exact) mass is 779 g/mol. The van der Waals surface area contributed by atoms with Gasteiger partial charge in [-0.2, -0.15) is 0 Å². The number of ketones is 2. The van der Waals surface area contributed by atoms with E-state index in [0.717, 1.165) is 6.08 Å². The molecule has 304 valence electrons. The molecule has 0 aromatic heterocycles. The second kappa shape index (κ2) is 20.0. The van der Waals surface area contributed by atoms with Gasteiger partial charge in [0.25, 0.3) is 5.91 Å². The molecule has 56 heavy (non-hydrogen) atoms. The molecule has 15 nitrogen and oxygen atoms in total. The average Bonchev–Trinajstić information content (AvgIpc) is 3.13. The average molecular weight is 780 g/mol. The molecule has 2 bridgehead atoms. The zero-order chi connectivity index (χ0) is 41.9. The highest BCUT2D eigenvalue weighted by atomic mass is 16.6. The molecule has 0 fully saturated rings. The minimum absolute atomic E-state index is 0.0560. The molecule has 0 saturated heterocycles. The van der Waals surface area contributed by atoms with Crippen molar-refractivity contribution in [3.8, 4) is 5.75 Å². The lowest BCUT2D eigenvalue weighted by Gasteiger charge is -2.30. The number of Topliss-reactive ketones (excluding diaryl/α,β-unsaturated/α-hetero) is 1. The number of esters is 1. The summed E-state index contributed by atoms with van der Waals surface area (Å²) in [6, 6.07) is 6.33. The Hall–Kier alpha value is -5.38. The molecular formula is C41H53N3O12. The summed E-state index contributed by atoms with van der Waals surface area (Å²) in [4.78, 5) is 77.8. The van der Waals surface area contributed by atoms with Crippen molar-refractivity contribution in [3.05, 3.63) is 88.3 Å². The number of alkyl carbamates (subject to hydrolysis) is 1. The Balaban J connectivity index is 1.94. The van der Waals surface area contributed by atoms with E-state index in [9.17, 15) is 33.9 Å². The van der Waals surface area contributed by atoms with Crippen LogP contribution in [0.1, 0.15) is 66.9 Å². The fraction of sp³-hybridized carbons (Fsp3) is 0.463. The van der Waals surface area contributed by atoms with Crippen LogP contribution in [0, 0.1) is 17.3 Å². The molecule has 0 saturated carbocycles. The van der Waals surface area contributed by atoms with Gasteiger partial charge < -0.3 is 39.8 Å². The lowest BCUT2D eigenvalue weighted by atomic mass is 9.85. The van der Waals surface area contributed by atoms with E-state index in [4.69, 9.17) is 29.4 Å². The van der Waals surface area contributed by atoms with Crippen LogP contribution in [0.15, 0.2) is 82.8 Å². The molecule has 2 aliphatic rings. The van der Waals surface area contributed by atoms with Gasteiger partial charge >= 0.3 is 18.2 Å². The van der Waals surface area contributed by atoms with Gasteiger partial charge in [-0.15, -0.1) is 0 Å². The third kappa shape index (κ3) is 12.6. The standard InChI is InChI=1S/C41H53N3O12/c1-22-17-28-33(44-40(51)54-21-26-13-15-27(16-14-26)55-38(49)41(5,6)7)30(45)20-29(35(28)47)43-37(48)23(2)11-10-12-31(52-8)36(56-39(42)50)25(4)19-24(3)34(46)32(18-22)53-9/h10-16,19-20,22,24,31-32,34,36,46H,17-18,21H2,1-9H3,(H2,42,50)(H,43,48)(H,44,51)/b12-10-,23-11+,25-19+/t22-,24+,31+,32+,34-,36+/m1/s1. The molecule has 3 amide bonds. The molecule has 5 N–H and O–H groups in total. The molecule has 6 atom stereocenters. The second-order valence-electron chi connectivity index (χ2n) is 14.9. The number of allylic oxidation sites excluding steroid dienone is 4. The number of nitrogens with two attached hydrogens (primary N) is 1. The highest BCUT2D eigenvalue weighted by molar-refractivity contribution is 6.24. The summed E-state index contributed by atoms with van der Waals surface area (Å²) in [6.45, 7) is 11.7. The smallest absolute Gasteiger partial charge is 0.412 e. The quantitative estimate of drug-likeness (QED) is 0.129. The van der Waals surface area contributed by atoms with Crippen molar-refractivity contribution in [2.24, 2.45) is 23.0 Å². The predicted molar refractivity (Wildman–Crippen MR) is 204 cm³/mol. The van der Waals surface area contributed by atoms with Gasteiger partial charge in [0.2, 0.25) is 11.6 Å². The Morgan fingerprint density at radius 3 is 2.27 bits per heavy atom. The normalized spacial score (nSPS) is 26.8. The van der Waals surface area contributed by atoms with Gasteiger partial charge in [0.05, 0.1) is 29.0 Å². The van der Waals surface area contributed by atoms with E-state index in [1.54, 1.807) is 78.0 Å². The van der Waals surface area contributed by atoms with Gasteiger partial charge in [0.15, 0.2) is 6.10 Å². The molecule has 0 radical (unpaired) electrons. The maximum atomic E-state index is 13.9. The summed E-state index contributed by atoms with van der Waals surface area (Å²) in [6.07, 6.45) is 1.57. The number of methoxy groups -OCH3 is 2. The van der Waals surface area contributed by atoms with E-state index in [2.05, 4.69) is 10.6 Å². The van der Waals surface area contributed by atoms with Gasteiger partial charge in [0, 0.05) is 37.4 Å². The number of benzene rings is 1. The van der Waals surface area contributed by atoms with E-state index >= 15 is 0 Å². The molecule has 1 aromatic rings. The van der Waals surface area contributed by atoms with Crippen LogP contribution in [0.5, 0.6) is 5.75 Å². The summed E-state index contributed by atoms with van der Waals surface area (Å²) in [7, 11) is 2.83. The van der Waals surface area contributed by atoms with E-state index in [1.807, 2.05) is 0 Å². The summed E-state index contributed by atoms with van der Waals surface area (Å²) in [5, 5.41) is 16.3. The SMILES string of the molecule is CO[C@H]1/C=C\C=C(/C)C(=O)NC2=CC(=O)C(NC(=O)OCc3ccc(OC(=O)C(C)(C)C)cc3)=C(C[C@@H](C)C[C@H](OC)[C@H](O)[C@@H](C)/C=C(\C)[C@@H]1OC(N)=O)C2=O. The number of rotatable bonds is 7. The summed E-state index contributed by atoms with van der Waals surface area (Å²) in [5.41, 5.74) is 5.21. The Kier molecular flexibility index (Phi) is 16.1. The first-order chi connectivity index (χ1) is 26.2. The highest BCUT2D eigenvalue weighted by Crippen LogP contribution is 2.29. The van der Waals surface area contributed by atoms with E-state index in [1.165, 1.54) is 33.3 Å². The third-order valence-corrected chi connectivity index (χ3v) is 9.14. The van der Waals surface area contributed by atoms with Crippen LogP contribution >= 0.6 is 0 Å². The zero-order valence-corrected chi connectivity index (χ0v) is 33.3. The largest absolute Gasteiger partial charge is 0.444 e. The number of hydrogen-bond acceptors (Lipinski definition) is 12. The highest BCUT2D eigenvalue weighted by Gasteiger charge is 2.34. The first kappa shape index (κ1) is 45.0. The van der Waals surface area contributed by atoms with Crippen LogP contribution in [0.2, 0.25) is 0 Å². The third-order valence-electron chi connectivity index (χ3n) is 9.14. The van der Waals surface area contributed by atoms with Crippen LogP contribution in [-0.2, 0) is 44.7 Å². The van der Waals surface area contributed by atoms with Gasteiger partial charge in [-0.3, -0.25) is 24.5 Å². The van der Waals surface area contributed by atoms with E-state index in [0.29, 0.717) is 16.9 Å². The summed E-state index contributed by atoms with van der Waals surface area (Å²) in [5.74, 6) is -3.18. The lowest BCUT2D eigenvalue weighted by molar-refractivity contribution is -0.143. The number of aliphatic hydroxyl groups is 1. The molecular weight excluding hydrogens is 726 g/mol. The number of fused-ring (bicyclic) bond motifs is 2. The zero-order valence-electron chi connectivity index (χ0n) is 33.3. The van der Waals surface area contributed by atoms with Gasteiger partial charge in [-0.1, -0.05) is 50.3 Å².